The number of rotatable bonds is 7. The van der Waals surface area contributed by atoms with Gasteiger partial charge >= 0.3 is 0 Å². The van der Waals surface area contributed by atoms with Gasteiger partial charge in [-0.05, 0) is 43.3 Å². The maximum absolute atomic E-state index is 5.91. The summed E-state index contributed by atoms with van der Waals surface area (Å²) in [5, 5.41) is 9.33. The van der Waals surface area contributed by atoms with E-state index in [2.05, 4.69) is 15.2 Å². The molecule has 0 saturated carbocycles. The Morgan fingerprint density at radius 1 is 1.04 bits per heavy atom. The van der Waals surface area contributed by atoms with Gasteiger partial charge in [0.2, 0.25) is 5.89 Å². The summed E-state index contributed by atoms with van der Waals surface area (Å²) in [7, 11) is 0. The number of benzene rings is 2. The van der Waals surface area contributed by atoms with Crippen molar-refractivity contribution in [2.75, 3.05) is 6.61 Å². The summed E-state index contributed by atoms with van der Waals surface area (Å²) in [6, 6.07) is 15.0. The normalized spacial score (nSPS) is 10.9. The van der Waals surface area contributed by atoms with Gasteiger partial charge in [0.15, 0.2) is 5.76 Å². The number of hydrogen-bond acceptors (Lipinski definition) is 7. The van der Waals surface area contributed by atoms with Crippen LogP contribution < -0.4 is 4.74 Å². The summed E-state index contributed by atoms with van der Waals surface area (Å²) in [6.45, 7) is 2.49. The van der Waals surface area contributed by atoms with E-state index in [1.54, 1.807) is 6.20 Å². The first kappa shape index (κ1) is 18.6. The van der Waals surface area contributed by atoms with Crippen molar-refractivity contribution in [3.05, 3.63) is 65.6 Å². The summed E-state index contributed by atoms with van der Waals surface area (Å²) < 4.78 is 17.2. The lowest BCUT2D eigenvalue weighted by atomic mass is 10.2. The van der Waals surface area contributed by atoms with Crippen molar-refractivity contribution < 1.29 is 13.6 Å². The topological polar surface area (TPSA) is 74.2 Å². The van der Waals surface area contributed by atoms with E-state index in [0.717, 1.165) is 11.1 Å². The van der Waals surface area contributed by atoms with E-state index in [1.165, 1.54) is 11.8 Å². The highest BCUT2D eigenvalue weighted by atomic mass is 35.5. The van der Waals surface area contributed by atoms with Crippen LogP contribution in [0.25, 0.3) is 22.8 Å². The zero-order valence-corrected chi connectivity index (χ0v) is 16.5. The third-order valence-corrected chi connectivity index (χ3v) is 4.88. The van der Waals surface area contributed by atoms with E-state index in [4.69, 9.17) is 25.2 Å². The molecule has 8 heteroatoms. The van der Waals surface area contributed by atoms with E-state index < -0.39 is 0 Å². The molecule has 0 N–H and O–H groups in total. The third kappa shape index (κ3) is 4.21. The Morgan fingerprint density at radius 3 is 2.68 bits per heavy atom. The number of halogens is 1. The molecule has 0 atom stereocenters. The van der Waals surface area contributed by atoms with Gasteiger partial charge < -0.3 is 13.6 Å². The van der Waals surface area contributed by atoms with E-state index in [9.17, 15) is 0 Å². The molecule has 6 nitrogen and oxygen atoms in total. The molecule has 4 aromatic rings. The van der Waals surface area contributed by atoms with Crippen LogP contribution in [0.5, 0.6) is 5.75 Å². The first-order valence-corrected chi connectivity index (χ1v) is 9.98. The number of aromatic nitrogens is 3. The molecule has 2 heterocycles. The van der Waals surface area contributed by atoms with Crippen LogP contribution in [-0.2, 0) is 5.75 Å². The highest BCUT2D eigenvalue weighted by molar-refractivity contribution is 7.98. The van der Waals surface area contributed by atoms with Crippen molar-refractivity contribution in [2.45, 2.75) is 17.9 Å². The number of para-hydroxylation sites is 1. The highest BCUT2D eigenvalue weighted by Gasteiger charge is 2.15. The van der Waals surface area contributed by atoms with Gasteiger partial charge in [-0.25, -0.2) is 4.98 Å². The highest BCUT2D eigenvalue weighted by Crippen LogP contribution is 2.32. The largest absolute Gasteiger partial charge is 0.493 e. The van der Waals surface area contributed by atoms with Gasteiger partial charge in [-0.1, -0.05) is 35.5 Å². The minimum atomic E-state index is 0.417. The number of ether oxygens (including phenoxy) is 1. The average Bonchev–Trinajstić information content (AvgIpc) is 3.37. The molecule has 28 heavy (non-hydrogen) atoms. The minimum absolute atomic E-state index is 0.417. The van der Waals surface area contributed by atoms with Crippen LogP contribution in [-0.4, -0.2) is 21.8 Å². The Morgan fingerprint density at radius 2 is 1.86 bits per heavy atom. The lowest BCUT2D eigenvalue weighted by Gasteiger charge is -2.05. The lowest BCUT2D eigenvalue weighted by molar-refractivity contribution is 0.340. The number of nitrogens with zero attached hydrogens (tertiary/aromatic N) is 3. The molecule has 4 rings (SSSR count). The Hall–Kier alpha value is -2.77. The molecule has 0 radical (unpaired) electrons. The molecule has 0 fully saturated rings. The van der Waals surface area contributed by atoms with Crippen LogP contribution in [0.15, 0.2) is 68.8 Å². The quantitative estimate of drug-likeness (QED) is 0.358. The second-order valence-electron chi connectivity index (χ2n) is 5.72. The third-order valence-electron chi connectivity index (χ3n) is 3.83. The van der Waals surface area contributed by atoms with Crippen molar-refractivity contribution in [3.8, 4) is 28.5 Å². The van der Waals surface area contributed by atoms with Crippen molar-refractivity contribution in [3.63, 3.8) is 0 Å². The van der Waals surface area contributed by atoms with Crippen molar-refractivity contribution in [1.82, 2.24) is 15.2 Å². The first-order chi connectivity index (χ1) is 13.7. The molecular formula is C20H16ClN3O3S. The molecule has 2 aromatic heterocycles. The van der Waals surface area contributed by atoms with Crippen molar-refractivity contribution in [2.24, 2.45) is 0 Å². The van der Waals surface area contributed by atoms with Crippen LogP contribution in [0.1, 0.15) is 12.8 Å². The zero-order chi connectivity index (χ0) is 19.3. The minimum Gasteiger partial charge on any atom is -0.493 e. The van der Waals surface area contributed by atoms with Gasteiger partial charge in [-0.2, -0.15) is 0 Å². The van der Waals surface area contributed by atoms with E-state index in [-0.39, 0.29) is 0 Å². The molecule has 0 spiro atoms. The summed E-state index contributed by atoms with van der Waals surface area (Å²) in [4.78, 5) is 4.30. The van der Waals surface area contributed by atoms with Crippen LogP contribution in [0.4, 0.5) is 0 Å². The molecule has 0 unspecified atom stereocenters. The first-order valence-electron chi connectivity index (χ1n) is 8.62. The predicted molar refractivity (Wildman–Crippen MR) is 107 cm³/mol. The summed E-state index contributed by atoms with van der Waals surface area (Å²) in [5.41, 5.74) is 1.69. The van der Waals surface area contributed by atoms with E-state index >= 15 is 0 Å². The Kier molecular flexibility index (Phi) is 5.64. The maximum atomic E-state index is 5.91. The van der Waals surface area contributed by atoms with Crippen LogP contribution in [0, 0.1) is 0 Å². The number of thioether (sulfide) groups is 1. The van der Waals surface area contributed by atoms with Crippen molar-refractivity contribution in [1.29, 1.82) is 0 Å². The molecule has 0 aliphatic rings. The van der Waals surface area contributed by atoms with Crippen LogP contribution in [0.3, 0.4) is 0 Å². The number of oxazole rings is 1. The summed E-state index contributed by atoms with van der Waals surface area (Å²) in [5.74, 6) is 2.86. The molecule has 2 aromatic carbocycles. The van der Waals surface area contributed by atoms with Crippen LogP contribution >= 0.6 is 23.4 Å². The average molecular weight is 414 g/mol. The second kappa shape index (κ2) is 8.50. The second-order valence-corrected chi connectivity index (χ2v) is 7.08. The van der Waals surface area contributed by atoms with Gasteiger partial charge in [0, 0.05) is 10.6 Å². The summed E-state index contributed by atoms with van der Waals surface area (Å²) >= 11 is 7.28. The Balaban J connectivity index is 1.44. The fourth-order valence-corrected chi connectivity index (χ4v) is 3.29. The summed E-state index contributed by atoms with van der Waals surface area (Å²) in [6.07, 6.45) is 1.69. The van der Waals surface area contributed by atoms with Gasteiger partial charge in [-0.15, -0.1) is 10.2 Å². The molecule has 142 valence electrons. The van der Waals surface area contributed by atoms with Gasteiger partial charge in [-0.3, -0.25) is 0 Å². The lowest BCUT2D eigenvalue weighted by Crippen LogP contribution is -1.93. The van der Waals surface area contributed by atoms with Gasteiger partial charge in [0.1, 0.15) is 5.75 Å². The maximum Gasteiger partial charge on any atom is 0.277 e. The fourth-order valence-electron chi connectivity index (χ4n) is 2.55. The molecule has 0 amide bonds. The standard InChI is InChI=1S/C20H16ClN3O3S/c1-2-25-16-6-4-3-5-15(16)19-23-24-20(27-19)28-12-18-22-11-17(26-18)13-7-9-14(21)10-8-13/h3-11H,2,12H2,1H3. The Labute approximate surface area is 170 Å². The smallest absolute Gasteiger partial charge is 0.277 e. The molecule has 0 aliphatic heterocycles. The van der Waals surface area contributed by atoms with E-state index in [1.807, 2.05) is 55.5 Å². The van der Waals surface area contributed by atoms with Crippen molar-refractivity contribution >= 4 is 23.4 Å². The SMILES string of the molecule is CCOc1ccccc1-c1nnc(SCc2ncc(-c3ccc(Cl)cc3)o2)o1. The zero-order valence-electron chi connectivity index (χ0n) is 15.0. The van der Waals surface area contributed by atoms with Gasteiger partial charge in [0.05, 0.1) is 24.1 Å². The molecular weight excluding hydrogens is 398 g/mol. The predicted octanol–water partition coefficient (Wildman–Crippen LogP) is 5.74. The molecule has 0 saturated heterocycles. The fraction of sp³-hybridized carbons (Fsp3) is 0.150. The molecule has 0 aliphatic carbocycles. The Bertz CT molecular complexity index is 1060. The molecule has 0 bridgehead atoms. The van der Waals surface area contributed by atoms with Gasteiger partial charge in [0.25, 0.3) is 11.1 Å². The number of hydrogen-bond donors (Lipinski definition) is 0. The monoisotopic (exact) mass is 413 g/mol. The van der Waals surface area contributed by atoms with E-state index in [0.29, 0.717) is 45.9 Å². The van der Waals surface area contributed by atoms with Crippen LogP contribution in [0.2, 0.25) is 5.02 Å².